The van der Waals surface area contributed by atoms with E-state index < -0.39 is 41.9 Å². The molecule has 0 spiro atoms. The van der Waals surface area contributed by atoms with Crippen molar-refractivity contribution in [2.45, 2.75) is 63.8 Å². The minimum absolute atomic E-state index is 0.0757. The van der Waals surface area contributed by atoms with Crippen LogP contribution in [0.4, 0.5) is 0 Å². The molecule has 1 aliphatic carbocycles. The van der Waals surface area contributed by atoms with E-state index in [0.717, 1.165) is 0 Å². The van der Waals surface area contributed by atoms with Gasteiger partial charge < -0.3 is 38.8 Å². The van der Waals surface area contributed by atoms with Gasteiger partial charge in [-0.05, 0) is 39.3 Å². The summed E-state index contributed by atoms with van der Waals surface area (Å²) in [6.07, 6.45) is -5.05. The zero-order chi connectivity index (χ0) is 23.4. The number of amides is 1. The molecule has 176 valence electrons. The van der Waals surface area contributed by atoms with Gasteiger partial charge in [-0.2, -0.15) is 0 Å². The molecule has 10 heteroatoms. The number of carbonyl (C=O) groups is 2. The van der Waals surface area contributed by atoms with Crippen LogP contribution in [0.2, 0.25) is 0 Å². The Hall–Kier alpha value is -2.40. The lowest BCUT2D eigenvalue weighted by Crippen LogP contribution is -2.57. The maximum absolute atomic E-state index is 13.5. The van der Waals surface area contributed by atoms with E-state index in [9.17, 15) is 19.8 Å². The van der Waals surface area contributed by atoms with Gasteiger partial charge in [0.05, 0.1) is 24.7 Å². The van der Waals surface area contributed by atoms with E-state index in [0.29, 0.717) is 13.1 Å². The van der Waals surface area contributed by atoms with E-state index in [4.69, 9.17) is 23.7 Å². The van der Waals surface area contributed by atoms with Gasteiger partial charge in [-0.3, -0.25) is 9.59 Å². The molecule has 32 heavy (non-hydrogen) atoms. The van der Waals surface area contributed by atoms with Gasteiger partial charge in [0.1, 0.15) is 18.3 Å². The Morgan fingerprint density at radius 3 is 2.50 bits per heavy atom. The highest BCUT2D eigenvalue weighted by atomic mass is 16.8. The molecule has 1 amide bonds. The van der Waals surface area contributed by atoms with E-state index in [1.807, 2.05) is 13.8 Å². The van der Waals surface area contributed by atoms with Gasteiger partial charge in [0.2, 0.25) is 12.5 Å². The average Bonchev–Trinajstić information content (AvgIpc) is 3.35. The SMILES string of the molecule is CCN(CC)C(=O)c1c(C2C(=O)[C@@H]3OC(C)(C)O[C@@H]3[C@@H](O)C2O)cc2c(c1OC)OCO2. The second-order valence-electron chi connectivity index (χ2n) is 8.47. The number of benzene rings is 1. The van der Waals surface area contributed by atoms with Crippen molar-refractivity contribution in [3.8, 4) is 17.2 Å². The summed E-state index contributed by atoms with van der Waals surface area (Å²) in [7, 11) is 1.39. The fourth-order valence-electron chi connectivity index (χ4n) is 4.69. The second-order valence-corrected chi connectivity index (χ2v) is 8.47. The first-order chi connectivity index (χ1) is 15.1. The summed E-state index contributed by atoms with van der Waals surface area (Å²) in [4.78, 5) is 28.6. The highest BCUT2D eigenvalue weighted by Crippen LogP contribution is 2.50. The van der Waals surface area contributed by atoms with Gasteiger partial charge in [0.25, 0.3) is 5.91 Å². The van der Waals surface area contributed by atoms with Gasteiger partial charge in [0, 0.05) is 13.1 Å². The first kappa shape index (κ1) is 22.8. The molecular weight excluding hydrogens is 422 g/mol. The zero-order valence-electron chi connectivity index (χ0n) is 18.8. The quantitative estimate of drug-likeness (QED) is 0.669. The summed E-state index contributed by atoms with van der Waals surface area (Å²) in [6.45, 7) is 7.70. The maximum Gasteiger partial charge on any atom is 0.258 e. The summed E-state index contributed by atoms with van der Waals surface area (Å²) in [5, 5.41) is 21.8. The lowest BCUT2D eigenvalue weighted by molar-refractivity contribution is -0.159. The van der Waals surface area contributed by atoms with E-state index >= 15 is 0 Å². The maximum atomic E-state index is 13.5. The Labute approximate surface area is 185 Å². The predicted molar refractivity (Wildman–Crippen MR) is 110 cm³/mol. The predicted octanol–water partition coefficient (Wildman–Crippen LogP) is 0.814. The van der Waals surface area contributed by atoms with Crippen LogP contribution in [0.1, 0.15) is 49.5 Å². The van der Waals surface area contributed by atoms with Crippen LogP contribution in [0, 0.1) is 0 Å². The van der Waals surface area contributed by atoms with Gasteiger partial charge in [-0.1, -0.05) is 0 Å². The highest BCUT2D eigenvalue weighted by Gasteiger charge is 2.58. The number of hydrogen-bond acceptors (Lipinski definition) is 9. The average molecular weight is 451 g/mol. The fraction of sp³-hybridized carbons (Fsp3) is 0.636. The number of carbonyl (C=O) groups excluding carboxylic acids is 2. The largest absolute Gasteiger partial charge is 0.492 e. The monoisotopic (exact) mass is 451 g/mol. The van der Waals surface area contributed by atoms with Crippen molar-refractivity contribution in [2.75, 3.05) is 27.0 Å². The summed E-state index contributed by atoms with van der Waals surface area (Å²) < 4.78 is 28.0. The Bertz CT molecular complexity index is 926. The molecular formula is C22H29NO9. The van der Waals surface area contributed by atoms with Crippen LogP contribution in [0.3, 0.4) is 0 Å². The Balaban J connectivity index is 1.89. The molecule has 2 aliphatic heterocycles. The minimum Gasteiger partial charge on any atom is -0.492 e. The summed E-state index contributed by atoms with van der Waals surface area (Å²) in [5.74, 6) is -2.59. The van der Waals surface area contributed by atoms with Crippen LogP contribution in [0.15, 0.2) is 6.07 Å². The third kappa shape index (κ3) is 3.42. The number of aliphatic hydroxyl groups excluding tert-OH is 2. The third-order valence-electron chi connectivity index (χ3n) is 6.20. The van der Waals surface area contributed by atoms with Gasteiger partial charge in [0.15, 0.2) is 23.1 Å². The van der Waals surface area contributed by atoms with Crippen molar-refractivity contribution in [1.82, 2.24) is 4.90 Å². The van der Waals surface area contributed by atoms with E-state index in [2.05, 4.69) is 0 Å². The number of fused-ring (bicyclic) bond motifs is 2. The Morgan fingerprint density at radius 2 is 1.88 bits per heavy atom. The molecule has 4 rings (SSSR count). The summed E-state index contributed by atoms with van der Waals surface area (Å²) in [6, 6.07) is 1.50. The van der Waals surface area contributed by atoms with Crippen molar-refractivity contribution >= 4 is 11.7 Å². The molecule has 1 saturated carbocycles. The number of aliphatic hydroxyl groups is 2. The van der Waals surface area contributed by atoms with Crippen molar-refractivity contribution in [3.05, 3.63) is 17.2 Å². The van der Waals surface area contributed by atoms with Crippen LogP contribution < -0.4 is 14.2 Å². The number of ketones is 1. The Morgan fingerprint density at radius 1 is 1.19 bits per heavy atom. The molecule has 0 aromatic heterocycles. The normalized spacial score (nSPS) is 30.2. The lowest BCUT2D eigenvalue weighted by atomic mass is 9.74. The topological polar surface area (TPSA) is 124 Å². The second kappa shape index (κ2) is 8.18. The molecule has 2 N–H and O–H groups in total. The first-order valence-electron chi connectivity index (χ1n) is 10.7. The van der Waals surface area contributed by atoms with E-state index in [1.165, 1.54) is 13.2 Å². The fourth-order valence-corrected chi connectivity index (χ4v) is 4.69. The van der Waals surface area contributed by atoms with Crippen LogP contribution >= 0.6 is 0 Å². The van der Waals surface area contributed by atoms with E-state index in [1.54, 1.807) is 18.7 Å². The number of Topliss-reactive ketones (excluding diaryl/α,β-unsaturated/α-hetero) is 1. The van der Waals surface area contributed by atoms with Crippen molar-refractivity contribution in [1.29, 1.82) is 0 Å². The van der Waals surface area contributed by atoms with Crippen LogP contribution in [-0.4, -0.2) is 84.0 Å². The molecule has 1 aromatic rings. The number of hydrogen-bond donors (Lipinski definition) is 2. The standard InChI is InChI=1S/C22H29NO9/c1-6-23(7-2)21(27)13-10(8-11-17(18(13)28-5)30-9-29-11)12-14(24)16(26)20-19(15(12)25)31-22(3,4)32-20/h8,12,14,16,19-20,24,26H,6-7,9H2,1-5H3/t12?,14?,16-,19-,20+/m0/s1. The molecule has 1 aromatic carbocycles. The number of ether oxygens (including phenoxy) is 5. The van der Waals surface area contributed by atoms with Gasteiger partial charge in [-0.15, -0.1) is 0 Å². The number of methoxy groups -OCH3 is 1. The molecule has 1 saturated heterocycles. The molecule has 0 bridgehead atoms. The number of nitrogens with zero attached hydrogens (tertiary/aromatic N) is 1. The van der Waals surface area contributed by atoms with Crippen molar-refractivity contribution in [2.24, 2.45) is 0 Å². The highest BCUT2D eigenvalue weighted by molar-refractivity contribution is 6.03. The number of rotatable bonds is 5. The molecule has 3 aliphatic rings. The molecule has 10 nitrogen and oxygen atoms in total. The molecule has 2 unspecified atom stereocenters. The summed E-state index contributed by atoms with van der Waals surface area (Å²) >= 11 is 0. The van der Waals surface area contributed by atoms with Crippen LogP contribution in [-0.2, 0) is 14.3 Å². The van der Waals surface area contributed by atoms with Crippen LogP contribution in [0.5, 0.6) is 17.2 Å². The summed E-state index contributed by atoms with van der Waals surface area (Å²) in [5.41, 5.74) is 0.271. The van der Waals surface area contributed by atoms with Gasteiger partial charge in [-0.25, -0.2) is 0 Å². The van der Waals surface area contributed by atoms with Crippen molar-refractivity contribution < 1.29 is 43.5 Å². The van der Waals surface area contributed by atoms with Crippen molar-refractivity contribution in [3.63, 3.8) is 0 Å². The minimum atomic E-state index is -1.53. The Kier molecular flexibility index (Phi) is 5.83. The van der Waals surface area contributed by atoms with Crippen LogP contribution in [0.25, 0.3) is 0 Å². The van der Waals surface area contributed by atoms with Gasteiger partial charge >= 0.3 is 0 Å². The molecule has 2 fully saturated rings. The smallest absolute Gasteiger partial charge is 0.258 e. The molecule has 2 heterocycles. The lowest BCUT2D eigenvalue weighted by Gasteiger charge is -2.37. The van der Waals surface area contributed by atoms with E-state index in [-0.39, 0.29) is 41.1 Å². The first-order valence-corrected chi connectivity index (χ1v) is 10.7. The molecule has 0 radical (unpaired) electrons. The third-order valence-corrected chi connectivity index (χ3v) is 6.20. The molecule has 5 atom stereocenters. The zero-order valence-corrected chi connectivity index (χ0v) is 18.8.